The first-order valence-electron chi connectivity index (χ1n) is 12.6. The zero-order valence-electron chi connectivity index (χ0n) is 21.2. The first kappa shape index (κ1) is 29.0. The molecule has 0 saturated carbocycles. The molecule has 5 nitrogen and oxygen atoms in total. The molecule has 1 N–H and O–H groups in total. The summed E-state index contributed by atoms with van der Waals surface area (Å²) < 4.78 is 41.5. The molecule has 0 aromatic heterocycles. The number of aryl methyl sites for hydroxylation is 1. The highest BCUT2D eigenvalue weighted by atomic mass is 35.5. The summed E-state index contributed by atoms with van der Waals surface area (Å²) in [5.74, 6) is -1.10. The summed E-state index contributed by atoms with van der Waals surface area (Å²) in [6.07, 6.45) is 0.854. The van der Waals surface area contributed by atoms with E-state index in [0.717, 1.165) is 54.7 Å². The second kappa shape index (κ2) is 12.3. The van der Waals surface area contributed by atoms with E-state index in [1.54, 1.807) is 20.2 Å². The van der Waals surface area contributed by atoms with Crippen LogP contribution in [0.4, 0.5) is 13.2 Å². The molecule has 0 radical (unpaired) electrons. The zero-order chi connectivity index (χ0) is 27.2. The molecule has 1 aliphatic heterocycles. The normalized spacial score (nSPS) is 16.4. The van der Waals surface area contributed by atoms with Gasteiger partial charge in [-0.25, -0.2) is 0 Å². The fraction of sp³-hybridized carbons (Fsp3) is 0.500. The minimum Gasteiger partial charge on any atom is -0.369 e. The number of benzene rings is 2. The fourth-order valence-corrected chi connectivity index (χ4v) is 5.09. The lowest BCUT2D eigenvalue weighted by Gasteiger charge is -2.38. The predicted octanol–water partition coefficient (Wildman–Crippen LogP) is 5.83. The van der Waals surface area contributed by atoms with Crippen LogP contribution in [0.15, 0.2) is 48.5 Å². The second-order valence-electron chi connectivity index (χ2n) is 9.92. The molecule has 0 aliphatic carbocycles. The van der Waals surface area contributed by atoms with E-state index in [9.17, 15) is 27.9 Å². The number of alkyl halides is 3. The van der Waals surface area contributed by atoms with Crippen molar-refractivity contribution in [3.05, 3.63) is 70.2 Å². The Morgan fingerprint density at radius 3 is 2.24 bits per heavy atom. The van der Waals surface area contributed by atoms with E-state index < -0.39 is 23.2 Å². The number of carbonyl (C=O) groups excluding carboxylic acids is 2. The van der Waals surface area contributed by atoms with Gasteiger partial charge in [-0.05, 0) is 49.3 Å². The Kier molecular flexibility index (Phi) is 9.64. The van der Waals surface area contributed by atoms with Crippen molar-refractivity contribution >= 4 is 23.4 Å². The summed E-state index contributed by atoms with van der Waals surface area (Å²) in [6.45, 7) is 0.399. The van der Waals surface area contributed by atoms with Gasteiger partial charge in [0.15, 0.2) is 0 Å². The maximum absolute atomic E-state index is 13.8. The Balaban J connectivity index is 1.44. The van der Waals surface area contributed by atoms with E-state index in [-0.39, 0.29) is 19.0 Å². The minimum absolute atomic E-state index is 0.132. The second-order valence-corrected chi connectivity index (χ2v) is 10.3. The van der Waals surface area contributed by atoms with Crippen LogP contribution < -0.4 is 0 Å². The summed E-state index contributed by atoms with van der Waals surface area (Å²) in [4.78, 5) is 27.6. The number of halogens is 4. The average molecular weight is 539 g/mol. The first-order valence-corrected chi connectivity index (χ1v) is 13.0. The zero-order valence-corrected chi connectivity index (χ0v) is 22.0. The van der Waals surface area contributed by atoms with Crippen LogP contribution in [-0.2, 0) is 16.8 Å². The fourth-order valence-electron chi connectivity index (χ4n) is 4.81. The van der Waals surface area contributed by atoms with Crippen LogP contribution in [-0.4, -0.2) is 60.1 Å². The van der Waals surface area contributed by atoms with Crippen LogP contribution in [0.1, 0.15) is 60.0 Å². The van der Waals surface area contributed by atoms with Crippen molar-refractivity contribution in [1.82, 2.24) is 9.80 Å². The maximum atomic E-state index is 13.8. The maximum Gasteiger partial charge on any atom is 0.430 e. The standard InChI is InChI=1S/C28H34ClF3N2O3/c1-33(2)25(35)23-14-13-21(19-24(23)29)10-6-3-5-9-20-15-17-34(18-16-20)26(36)27(37,28(30,31)32)22-11-7-4-8-12-22/h4,7-8,11-14,19-20,37H,3,5-6,9-10,15-18H2,1-2H3. The highest BCUT2D eigenvalue weighted by Gasteiger charge is 2.62. The largest absolute Gasteiger partial charge is 0.430 e. The molecule has 0 spiro atoms. The van der Waals surface area contributed by atoms with Gasteiger partial charge >= 0.3 is 6.18 Å². The summed E-state index contributed by atoms with van der Waals surface area (Å²) in [6, 6.07) is 12.1. The van der Waals surface area contributed by atoms with Gasteiger partial charge in [0.1, 0.15) is 0 Å². The van der Waals surface area contributed by atoms with E-state index in [4.69, 9.17) is 11.6 Å². The summed E-state index contributed by atoms with van der Waals surface area (Å²) in [5.41, 5.74) is -2.45. The molecule has 9 heteroatoms. The van der Waals surface area contributed by atoms with Crippen molar-refractivity contribution in [2.45, 2.75) is 56.7 Å². The molecular formula is C28H34ClF3N2O3. The highest BCUT2D eigenvalue weighted by Crippen LogP contribution is 2.41. The van der Waals surface area contributed by atoms with Gasteiger partial charge in [-0.2, -0.15) is 13.2 Å². The Bertz CT molecular complexity index is 1070. The van der Waals surface area contributed by atoms with Crippen molar-refractivity contribution in [2.24, 2.45) is 5.92 Å². The smallest absolute Gasteiger partial charge is 0.369 e. The number of unbranched alkanes of at least 4 members (excludes halogenated alkanes) is 2. The van der Waals surface area contributed by atoms with Crippen LogP contribution in [0.2, 0.25) is 5.02 Å². The molecule has 1 fully saturated rings. The Labute approximate surface area is 221 Å². The molecule has 3 rings (SSSR count). The molecule has 1 heterocycles. The molecule has 37 heavy (non-hydrogen) atoms. The van der Waals surface area contributed by atoms with Gasteiger partial charge in [-0.3, -0.25) is 9.59 Å². The summed E-state index contributed by atoms with van der Waals surface area (Å²) >= 11 is 6.28. The van der Waals surface area contributed by atoms with E-state index in [0.29, 0.717) is 29.3 Å². The lowest BCUT2D eigenvalue weighted by molar-refractivity contribution is -0.262. The van der Waals surface area contributed by atoms with Crippen molar-refractivity contribution in [1.29, 1.82) is 0 Å². The van der Waals surface area contributed by atoms with Crippen LogP contribution in [0.3, 0.4) is 0 Å². The van der Waals surface area contributed by atoms with Crippen molar-refractivity contribution in [2.75, 3.05) is 27.2 Å². The third-order valence-electron chi connectivity index (χ3n) is 7.06. The average Bonchev–Trinajstić information content (AvgIpc) is 2.87. The number of hydrogen-bond acceptors (Lipinski definition) is 3. The molecule has 1 saturated heterocycles. The molecule has 0 bridgehead atoms. The van der Waals surface area contributed by atoms with Crippen LogP contribution in [0.5, 0.6) is 0 Å². The number of amides is 2. The number of hydrogen-bond donors (Lipinski definition) is 1. The number of carbonyl (C=O) groups is 2. The number of aliphatic hydroxyl groups is 1. The number of rotatable bonds is 9. The topological polar surface area (TPSA) is 60.9 Å². The summed E-state index contributed by atoms with van der Waals surface area (Å²) in [7, 11) is 3.36. The quantitative estimate of drug-likeness (QED) is 0.408. The van der Waals surface area contributed by atoms with Crippen LogP contribution in [0.25, 0.3) is 0 Å². The number of likely N-dealkylation sites (tertiary alicyclic amines) is 1. The van der Waals surface area contributed by atoms with Gasteiger partial charge in [-0.15, -0.1) is 0 Å². The molecule has 2 amide bonds. The molecule has 1 unspecified atom stereocenters. The van der Waals surface area contributed by atoms with E-state index in [2.05, 4.69) is 0 Å². The Hall–Kier alpha value is -2.58. The molecule has 2 aromatic rings. The molecule has 1 atom stereocenters. The van der Waals surface area contributed by atoms with Gasteiger partial charge in [-0.1, -0.05) is 67.3 Å². The van der Waals surface area contributed by atoms with Crippen molar-refractivity contribution < 1.29 is 27.9 Å². The molecular weight excluding hydrogens is 505 g/mol. The first-order chi connectivity index (χ1) is 17.4. The van der Waals surface area contributed by atoms with Crippen LogP contribution in [0, 0.1) is 5.92 Å². The Morgan fingerprint density at radius 2 is 1.68 bits per heavy atom. The third kappa shape index (κ3) is 6.85. The van der Waals surface area contributed by atoms with Gasteiger partial charge in [0.2, 0.25) is 0 Å². The monoisotopic (exact) mass is 538 g/mol. The molecule has 1 aliphatic rings. The lowest BCUT2D eigenvalue weighted by Crippen LogP contribution is -2.57. The van der Waals surface area contributed by atoms with Gasteiger partial charge in [0, 0.05) is 32.7 Å². The van der Waals surface area contributed by atoms with E-state index >= 15 is 0 Å². The van der Waals surface area contributed by atoms with Gasteiger partial charge in [0.25, 0.3) is 17.4 Å². The minimum atomic E-state index is -5.12. The highest BCUT2D eigenvalue weighted by molar-refractivity contribution is 6.33. The van der Waals surface area contributed by atoms with E-state index in [1.807, 2.05) is 12.1 Å². The van der Waals surface area contributed by atoms with E-state index in [1.165, 1.54) is 23.1 Å². The molecule has 2 aromatic carbocycles. The van der Waals surface area contributed by atoms with Gasteiger partial charge in [0.05, 0.1) is 10.6 Å². The van der Waals surface area contributed by atoms with Crippen LogP contribution >= 0.6 is 11.6 Å². The van der Waals surface area contributed by atoms with Crippen molar-refractivity contribution in [3.63, 3.8) is 0 Å². The SMILES string of the molecule is CN(C)C(=O)c1ccc(CCCCCC2CCN(C(=O)C(O)(c3ccccc3)C(F)(F)F)CC2)cc1Cl. The van der Waals surface area contributed by atoms with Gasteiger partial charge < -0.3 is 14.9 Å². The Morgan fingerprint density at radius 1 is 1.03 bits per heavy atom. The summed E-state index contributed by atoms with van der Waals surface area (Å²) in [5, 5.41) is 11.0. The number of piperidine rings is 1. The third-order valence-corrected chi connectivity index (χ3v) is 7.37. The lowest BCUT2D eigenvalue weighted by atomic mass is 9.87. The number of nitrogens with zero attached hydrogens (tertiary/aromatic N) is 2. The predicted molar refractivity (Wildman–Crippen MR) is 137 cm³/mol. The molecule has 202 valence electrons. The van der Waals surface area contributed by atoms with Crippen molar-refractivity contribution in [3.8, 4) is 0 Å².